The van der Waals surface area contributed by atoms with E-state index in [1.807, 2.05) is 60.7 Å². The topological polar surface area (TPSA) is 44.8 Å². The van der Waals surface area contributed by atoms with Crippen molar-refractivity contribution in [2.45, 2.75) is 13.0 Å². The van der Waals surface area contributed by atoms with Gasteiger partial charge in [-0.2, -0.15) is 0 Å². The predicted octanol–water partition coefficient (Wildman–Crippen LogP) is 3.55. The molecule has 2 aromatic carbocycles. The highest BCUT2D eigenvalue weighted by atomic mass is 16.5. The summed E-state index contributed by atoms with van der Waals surface area (Å²) in [5, 5.41) is 0. The lowest BCUT2D eigenvalue weighted by Crippen LogP contribution is -2.08. The number of ether oxygens (including phenoxy) is 3. The first kappa shape index (κ1) is 17.8. The van der Waals surface area contributed by atoms with Crippen LogP contribution >= 0.6 is 0 Å². The van der Waals surface area contributed by atoms with Crippen molar-refractivity contribution < 1.29 is 19.0 Å². The fraction of sp³-hybridized carbons (Fsp3) is 0.250. The number of esters is 1. The molecule has 0 atom stereocenters. The Labute approximate surface area is 142 Å². The number of hydrogen-bond donors (Lipinski definition) is 0. The highest BCUT2D eigenvalue weighted by Crippen LogP contribution is 2.11. The summed E-state index contributed by atoms with van der Waals surface area (Å²) in [5.74, 6) is 0.514. The lowest BCUT2D eigenvalue weighted by molar-refractivity contribution is -0.141. The third kappa shape index (κ3) is 6.67. The van der Waals surface area contributed by atoms with Gasteiger partial charge in [-0.3, -0.25) is 4.79 Å². The number of benzene rings is 2. The molecule has 0 N–H and O–H groups in total. The van der Waals surface area contributed by atoms with Gasteiger partial charge < -0.3 is 14.2 Å². The van der Waals surface area contributed by atoms with Gasteiger partial charge in [0.2, 0.25) is 0 Å². The van der Waals surface area contributed by atoms with Gasteiger partial charge in [0.1, 0.15) is 12.4 Å². The minimum absolute atomic E-state index is 0.252. The number of carbonyl (C=O) groups excluding carboxylic acids is 1. The van der Waals surface area contributed by atoms with Gasteiger partial charge in [-0.05, 0) is 29.3 Å². The molecule has 0 aliphatic heterocycles. The molecular formula is C20H22O4. The van der Waals surface area contributed by atoms with Gasteiger partial charge in [0.05, 0.1) is 26.7 Å². The van der Waals surface area contributed by atoms with Crippen LogP contribution in [-0.4, -0.2) is 26.3 Å². The van der Waals surface area contributed by atoms with Gasteiger partial charge in [0.15, 0.2) is 0 Å². The Morgan fingerprint density at radius 3 is 2.33 bits per heavy atom. The summed E-state index contributed by atoms with van der Waals surface area (Å²) in [4.78, 5) is 11.7. The fourth-order valence-corrected chi connectivity index (χ4v) is 2.06. The van der Waals surface area contributed by atoms with E-state index in [1.165, 1.54) is 0 Å². The third-order valence-electron chi connectivity index (χ3n) is 3.34. The maximum atomic E-state index is 11.7. The Balaban J connectivity index is 1.58. The van der Waals surface area contributed by atoms with Crippen LogP contribution in [0, 0.1) is 0 Å². The van der Waals surface area contributed by atoms with Crippen molar-refractivity contribution in [1.82, 2.24) is 0 Å². The summed E-state index contributed by atoms with van der Waals surface area (Å²) < 4.78 is 15.7. The number of rotatable bonds is 9. The molecule has 0 heterocycles. The normalized spacial score (nSPS) is 10.7. The predicted molar refractivity (Wildman–Crippen MR) is 92.9 cm³/mol. The van der Waals surface area contributed by atoms with E-state index in [-0.39, 0.29) is 19.0 Å². The first-order valence-corrected chi connectivity index (χ1v) is 7.83. The first-order chi connectivity index (χ1) is 11.8. The van der Waals surface area contributed by atoms with E-state index >= 15 is 0 Å². The Hall–Kier alpha value is -2.59. The molecular weight excluding hydrogens is 304 g/mol. The van der Waals surface area contributed by atoms with Gasteiger partial charge in [-0.1, -0.05) is 48.5 Å². The van der Waals surface area contributed by atoms with Crippen molar-refractivity contribution >= 4 is 5.97 Å². The van der Waals surface area contributed by atoms with E-state index in [0.717, 1.165) is 16.9 Å². The molecule has 2 rings (SSSR count). The molecule has 0 fully saturated rings. The molecule has 0 aliphatic carbocycles. The second-order valence-corrected chi connectivity index (χ2v) is 5.18. The molecule has 0 amide bonds. The molecule has 2 aromatic rings. The second-order valence-electron chi connectivity index (χ2n) is 5.18. The van der Waals surface area contributed by atoms with Crippen LogP contribution in [0.4, 0.5) is 0 Å². The zero-order valence-corrected chi connectivity index (χ0v) is 13.8. The minimum Gasteiger partial charge on any atom is -0.497 e. The maximum Gasteiger partial charge on any atom is 0.310 e. The molecule has 0 aliphatic rings. The summed E-state index contributed by atoms with van der Waals surface area (Å²) in [6.45, 7) is 1.32. The maximum absolute atomic E-state index is 11.7. The molecule has 0 bridgehead atoms. The lowest BCUT2D eigenvalue weighted by atomic mass is 10.1. The highest BCUT2D eigenvalue weighted by molar-refractivity contribution is 5.72. The number of methoxy groups -OCH3 is 1. The van der Waals surface area contributed by atoms with Gasteiger partial charge >= 0.3 is 5.97 Å². The summed E-state index contributed by atoms with van der Waals surface area (Å²) in [6, 6.07) is 17.3. The van der Waals surface area contributed by atoms with Crippen molar-refractivity contribution in [3.63, 3.8) is 0 Å². The Morgan fingerprint density at radius 2 is 1.62 bits per heavy atom. The van der Waals surface area contributed by atoms with E-state index in [4.69, 9.17) is 14.2 Å². The zero-order chi connectivity index (χ0) is 17.0. The number of carbonyl (C=O) groups is 1. The number of hydrogen-bond acceptors (Lipinski definition) is 4. The quantitative estimate of drug-likeness (QED) is 0.401. The minimum atomic E-state index is -0.255. The SMILES string of the molecule is COc1ccc(CC(=O)OC/C=C\COCc2ccccc2)cc1. The summed E-state index contributed by atoms with van der Waals surface area (Å²) in [5.41, 5.74) is 2.03. The van der Waals surface area contributed by atoms with Crippen molar-refractivity contribution in [2.75, 3.05) is 20.3 Å². The summed E-state index contributed by atoms with van der Waals surface area (Å²) in [6.07, 6.45) is 3.89. The molecule has 0 unspecified atom stereocenters. The zero-order valence-electron chi connectivity index (χ0n) is 13.8. The highest BCUT2D eigenvalue weighted by Gasteiger charge is 2.03. The Kier molecular flexibility index (Phi) is 7.57. The molecule has 24 heavy (non-hydrogen) atoms. The van der Waals surface area contributed by atoms with E-state index in [0.29, 0.717) is 13.2 Å². The van der Waals surface area contributed by atoms with E-state index in [2.05, 4.69) is 0 Å². The average molecular weight is 326 g/mol. The summed E-state index contributed by atoms with van der Waals surface area (Å²) in [7, 11) is 1.61. The van der Waals surface area contributed by atoms with Crippen LogP contribution < -0.4 is 4.74 Å². The van der Waals surface area contributed by atoms with Crippen molar-refractivity contribution in [2.24, 2.45) is 0 Å². The van der Waals surface area contributed by atoms with Crippen LogP contribution in [0.5, 0.6) is 5.75 Å². The van der Waals surface area contributed by atoms with Crippen LogP contribution in [0.15, 0.2) is 66.7 Å². The lowest BCUT2D eigenvalue weighted by Gasteiger charge is -2.04. The summed E-state index contributed by atoms with van der Waals surface area (Å²) >= 11 is 0. The molecule has 0 saturated carbocycles. The van der Waals surface area contributed by atoms with Crippen LogP contribution in [0.2, 0.25) is 0 Å². The van der Waals surface area contributed by atoms with Crippen molar-refractivity contribution in [1.29, 1.82) is 0 Å². The van der Waals surface area contributed by atoms with E-state index < -0.39 is 0 Å². The molecule has 0 aromatic heterocycles. The average Bonchev–Trinajstić information content (AvgIpc) is 2.62. The fourth-order valence-electron chi connectivity index (χ4n) is 2.06. The smallest absolute Gasteiger partial charge is 0.310 e. The second kappa shape index (κ2) is 10.2. The van der Waals surface area contributed by atoms with Crippen molar-refractivity contribution in [3.8, 4) is 5.75 Å². The standard InChI is InChI=1S/C20H22O4/c1-22-19-11-9-17(10-12-19)15-20(21)24-14-6-5-13-23-16-18-7-3-2-4-8-18/h2-12H,13-16H2,1H3/b6-5-. The Bertz CT molecular complexity index is 632. The third-order valence-corrected chi connectivity index (χ3v) is 3.34. The molecule has 0 spiro atoms. The molecule has 4 nitrogen and oxygen atoms in total. The van der Waals surface area contributed by atoms with Gasteiger partial charge in [-0.25, -0.2) is 0 Å². The van der Waals surface area contributed by atoms with Crippen LogP contribution in [-0.2, 0) is 27.3 Å². The van der Waals surface area contributed by atoms with Crippen LogP contribution in [0.1, 0.15) is 11.1 Å². The van der Waals surface area contributed by atoms with Gasteiger partial charge in [-0.15, -0.1) is 0 Å². The van der Waals surface area contributed by atoms with Crippen molar-refractivity contribution in [3.05, 3.63) is 77.9 Å². The van der Waals surface area contributed by atoms with E-state index in [1.54, 1.807) is 13.2 Å². The first-order valence-electron chi connectivity index (χ1n) is 7.83. The molecule has 0 saturated heterocycles. The largest absolute Gasteiger partial charge is 0.497 e. The van der Waals surface area contributed by atoms with Crippen LogP contribution in [0.25, 0.3) is 0 Å². The Morgan fingerprint density at radius 1 is 0.917 bits per heavy atom. The van der Waals surface area contributed by atoms with Crippen LogP contribution in [0.3, 0.4) is 0 Å². The van der Waals surface area contributed by atoms with Gasteiger partial charge in [0.25, 0.3) is 0 Å². The molecule has 126 valence electrons. The van der Waals surface area contributed by atoms with Gasteiger partial charge in [0, 0.05) is 0 Å². The molecule has 0 radical (unpaired) electrons. The molecule has 4 heteroatoms. The monoisotopic (exact) mass is 326 g/mol. The van der Waals surface area contributed by atoms with E-state index in [9.17, 15) is 4.79 Å².